The van der Waals surface area contributed by atoms with Gasteiger partial charge in [-0.2, -0.15) is 5.26 Å². The van der Waals surface area contributed by atoms with E-state index in [1.54, 1.807) is 7.11 Å². The third kappa shape index (κ3) is 5.29. The first-order chi connectivity index (χ1) is 8.27. The molecule has 0 spiro atoms. The number of carbonyl (C=O) groups excluding carboxylic acids is 1. The minimum Gasteiger partial charge on any atom is -0.383 e. The summed E-state index contributed by atoms with van der Waals surface area (Å²) in [5.41, 5.74) is 0. The molecular weight excluding hydrogens is 216 g/mol. The van der Waals surface area contributed by atoms with Crippen molar-refractivity contribution in [2.24, 2.45) is 5.92 Å². The average Bonchev–Trinajstić information content (AvgIpc) is 2.86. The third-order valence-corrected chi connectivity index (χ3v) is 3.34. The number of carbonyl (C=O) groups is 1. The van der Waals surface area contributed by atoms with E-state index < -0.39 is 0 Å². The van der Waals surface area contributed by atoms with Gasteiger partial charge in [0.05, 0.1) is 19.2 Å². The van der Waals surface area contributed by atoms with E-state index in [4.69, 9.17) is 10.00 Å². The van der Waals surface area contributed by atoms with Gasteiger partial charge in [-0.3, -0.25) is 9.69 Å². The number of hydrogen-bond donors (Lipinski definition) is 0. The Balaban J connectivity index is 2.34. The van der Waals surface area contributed by atoms with Crippen molar-refractivity contribution in [3.63, 3.8) is 0 Å². The van der Waals surface area contributed by atoms with E-state index >= 15 is 0 Å². The molecule has 1 saturated carbocycles. The molecule has 0 heterocycles. The molecule has 1 fully saturated rings. The lowest BCUT2D eigenvalue weighted by Gasteiger charge is -2.21. The second kappa shape index (κ2) is 8.21. The van der Waals surface area contributed by atoms with Crippen LogP contribution < -0.4 is 0 Å². The normalized spacial score (nSPS) is 16.3. The van der Waals surface area contributed by atoms with Gasteiger partial charge in [-0.15, -0.1) is 0 Å². The lowest BCUT2D eigenvalue weighted by atomic mass is 10.0. The minimum absolute atomic E-state index is 0.266. The van der Waals surface area contributed by atoms with E-state index in [0.717, 1.165) is 19.4 Å². The molecule has 0 unspecified atom stereocenters. The first kappa shape index (κ1) is 14.1. The fourth-order valence-corrected chi connectivity index (χ4v) is 2.30. The monoisotopic (exact) mass is 238 g/mol. The highest BCUT2D eigenvalue weighted by Gasteiger charge is 2.23. The molecule has 0 amide bonds. The molecule has 4 nitrogen and oxygen atoms in total. The van der Waals surface area contributed by atoms with E-state index in [1.807, 2.05) is 4.90 Å². The van der Waals surface area contributed by atoms with Crippen LogP contribution in [0.2, 0.25) is 0 Å². The Morgan fingerprint density at radius 1 is 1.41 bits per heavy atom. The van der Waals surface area contributed by atoms with Crippen LogP contribution in [-0.2, 0) is 9.53 Å². The zero-order valence-corrected chi connectivity index (χ0v) is 10.7. The topological polar surface area (TPSA) is 53.3 Å². The number of rotatable bonds is 8. The summed E-state index contributed by atoms with van der Waals surface area (Å²) < 4.78 is 5.02. The van der Waals surface area contributed by atoms with Crippen LogP contribution in [0.4, 0.5) is 0 Å². The molecule has 0 aliphatic heterocycles. The number of Topliss-reactive ketones (excluding diaryl/α,β-unsaturated/α-hetero) is 1. The van der Waals surface area contributed by atoms with Gasteiger partial charge in [0.15, 0.2) is 0 Å². The van der Waals surface area contributed by atoms with Gasteiger partial charge in [0.1, 0.15) is 5.78 Å². The second-order valence-corrected chi connectivity index (χ2v) is 4.62. The van der Waals surface area contributed by atoms with Crippen molar-refractivity contribution < 1.29 is 9.53 Å². The van der Waals surface area contributed by atoms with Gasteiger partial charge in [0.25, 0.3) is 0 Å². The molecule has 0 aromatic carbocycles. The highest BCUT2D eigenvalue weighted by atomic mass is 16.5. The summed E-state index contributed by atoms with van der Waals surface area (Å²) in [5, 5.41) is 8.59. The van der Waals surface area contributed by atoms with E-state index in [9.17, 15) is 4.79 Å². The highest BCUT2D eigenvalue weighted by molar-refractivity contribution is 5.83. The Kier molecular flexibility index (Phi) is 6.83. The number of methoxy groups -OCH3 is 1. The van der Waals surface area contributed by atoms with Gasteiger partial charge in [0, 0.05) is 32.5 Å². The lowest BCUT2D eigenvalue weighted by molar-refractivity contribution is -0.124. The van der Waals surface area contributed by atoms with Gasteiger partial charge >= 0.3 is 0 Å². The highest BCUT2D eigenvalue weighted by Crippen LogP contribution is 2.25. The van der Waals surface area contributed by atoms with E-state index in [-0.39, 0.29) is 5.92 Å². The first-order valence-electron chi connectivity index (χ1n) is 6.39. The SMILES string of the molecule is COCCN(CCC#N)CC(=O)C1CCCC1. The van der Waals surface area contributed by atoms with Crippen LogP contribution in [0.25, 0.3) is 0 Å². The smallest absolute Gasteiger partial charge is 0.149 e. The van der Waals surface area contributed by atoms with Crippen molar-refractivity contribution in [2.75, 3.05) is 33.4 Å². The summed E-state index contributed by atoms with van der Waals surface area (Å²) in [5.74, 6) is 0.610. The zero-order valence-electron chi connectivity index (χ0n) is 10.7. The molecule has 1 aliphatic carbocycles. The standard InChI is InChI=1S/C13H22N2O2/c1-17-10-9-15(8-4-7-14)11-13(16)12-5-2-3-6-12/h12H,2-6,8-11H2,1H3. The van der Waals surface area contributed by atoms with E-state index in [0.29, 0.717) is 31.9 Å². The maximum atomic E-state index is 12.0. The first-order valence-corrected chi connectivity index (χ1v) is 6.39. The number of nitrogens with zero attached hydrogens (tertiary/aromatic N) is 2. The largest absolute Gasteiger partial charge is 0.383 e. The predicted molar refractivity (Wildman–Crippen MR) is 65.5 cm³/mol. The summed E-state index contributed by atoms with van der Waals surface area (Å²) >= 11 is 0. The Labute approximate surface area is 104 Å². The van der Waals surface area contributed by atoms with Crippen LogP contribution in [0, 0.1) is 17.2 Å². The molecule has 0 saturated heterocycles. The summed E-state index contributed by atoms with van der Waals surface area (Å²) in [6, 6.07) is 2.12. The van der Waals surface area contributed by atoms with Crippen LogP contribution in [-0.4, -0.2) is 44.0 Å². The average molecular weight is 238 g/mol. The van der Waals surface area contributed by atoms with Gasteiger partial charge in [-0.25, -0.2) is 0 Å². The molecule has 17 heavy (non-hydrogen) atoms. The Morgan fingerprint density at radius 3 is 2.71 bits per heavy atom. The fourth-order valence-electron chi connectivity index (χ4n) is 2.30. The molecule has 0 aromatic heterocycles. The molecule has 0 bridgehead atoms. The van der Waals surface area contributed by atoms with Gasteiger partial charge in [-0.1, -0.05) is 12.8 Å². The Hall–Kier alpha value is -0.920. The molecular formula is C13H22N2O2. The van der Waals surface area contributed by atoms with Gasteiger partial charge < -0.3 is 4.74 Å². The predicted octanol–water partition coefficient (Wildman–Crippen LogP) is 1.61. The molecule has 1 aliphatic rings. The van der Waals surface area contributed by atoms with Crippen molar-refractivity contribution in [1.82, 2.24) is 4.90 Å². The Bertz CT molecular complexity index is 267. The zero-order chi connectivity index (χ0) is 12.5. The number of ketones is 1. The van der Waals surface area contributed by atoms with Gasteiger partial charge in [-0.05, 0) is 12.8 Å². The van der Waals surface area contributed by atoms with Crippen molar-refractivity contribution in [3.05, 3.63) is 0 Å². The van der Waals surface area contributed by atoms with Crippen LogP contribution in [0.1, 0.15) is 32.1 Å². The van der Waals surface area contributed by atoms with E-state index in [2.05, 4.69) is 6.07 Å². The summed E-state index contributed by atoms with van der Waals surface area (Å²) in [6.45, 7) is 2.49. The number of nitriles is 1. The van der Waals surface area contributed by atoms with Crippen LogP contribution >= 0.6 is 0 Å². The lowest BCUT2D eigenvalue weighted by Crippen LogP contribution is -2.35. The molecule has 1 rings (SSSR count). The summed E-state index contributed by atoms with van der Waals surface area (Å²) in [7, 11) is 1.65. The summed E-state index contributed by atoms with van der Waals surface area (Å²) in [4.78, 5) is 14.1. The molecule has 4 heteroatoms. The molecule has 0 atom stereocenters. The van der Waals surface area contributed by atoms with Gasteiger partial charge in [0.2, 0.25) is 0 Å². The number of hydrogen-bond acceptors (Lipinski definition) is 4. The maximum Gasteiger partial charge on any atom is 0.149 e. The molecule has 0 radical (unpaired) electrons. The minimum atomic E-state index is 0.266. The summed E-state index contributed by atoms with van der Waals surface area (Å²) in [6.07, 6.45) is 4.95. The molecule has 0 N–H and O–H groups in total. The van der Waals surface area contributed by atoms with Crippen LogP contribution in [0.3, 0.4) is 0 Å². The van der Waals surface area contributed by atoms with Crippen molar-refractivity contribution >= 4 is 5.78 Å². The van der Waals surface area contributed by atoms with Crippen molar-refractivity contribution in [2.45, 2.75) is 32.1 Å². The Morgan fingerprint density at radius 2 is 2.12 bits per heavy atom. The quantitative estimate of drug-likeness (QED) is 0.644. The molecule has 0 aromatic rings. The molecule has 96 valence electrons. The van der Waals surface area contributed by atoms with Crippen LogP contribution in [0.5, 0.6) is 0 Å². The maximum absolute atomic E-state index is 12.0. The fraction of sp³-hybridized carbons (Fsp3) is 0.846. The van der Waals surface area contributed by atoms with Crippen molar-refractivity contribution in [3.8, 4) is 6.07 Å². The third-order valence-electron chi connectivity index (χ3n) is 3.34. The van der Waals surface area contributed by atoms with E-state index in [1.165, 1.54) is 12.8 Å². The van der Waals surface area contributed by atoms with Crippen LogP contribution in [0.15, 0.2) is 0 Å². The van der Waals surface area contributed by atoms with Crippen molar-refractivity contribution in [1.29, 1.82) is 5.26 Å². The second-order valence-electron chi connectivity index (χ2n) is 4.62. The number of ether oxygens (including phenoxy) is 1.